The van der Waals surface area contributed by atoms with Crippen LogP contribution in [0.2, 0.25) is 0 Å². The van der Waals surface area contributed by atoms with Crippen molar-refractivity contribution < 1.29 is 4.79 Å². The number of hydrogen-bond donors (Lipinski definition) is 1. The number of piperidine rings is 1. The molecule has 1 unspecified atom stereocenters. The van der Waals surface area contributed by atoms with Gasteiger partial charge >= 0.3 is 0 Å². The van der Waals surface area contributed by atoms with Gasteiger partial charge in [-0.3, -0.25) is 9.78 Å². The van der Waals surface area contributed by atoms with Crippen LogP contribution in [-0.4, -0.2) is 39.2 Å². The van der Waals surface area contributed by atoms with Crippen molar-refractivity contribution in [2.45, 2.75) is 12.8 Å². The quantitative estimate of drug-likeness (QED) is 0.914. The monoisotopic (exact) mass is 290 g/mol. The number of anilines is 2. The number of rotatable bonds is 3. The molecule has 8 heteroatoms. The van der Waals surface area contributed by atoms with E-state index in [-0.39, 0.29) is 11.8 Å². The highest BCUT2D eigenvalue weighted by molar-refractivity contribution is 7.13. The number of hydrogen-bond acceptors (Lipinski definition) is 7. The lowest BCUT2D eigenvalue weighted by atomic mass is 9.97. The van der Waals surface area contributed by atoms with Gasteiger partial charge in [-0.15, -0.1) is 10.2 Å². The van der Waals surface area contributed by atoms with Crippen LogP contribution in [-0.2, 0) is 4.79 Å². The summed E-state index contributed by atoms with van der Waals surface area (Å²) in [5, 5.41) is 10.9. The van der Waals surface area contributed by atoms with Crippen molar-refractivity contribution in [3.63, 3.8) is 0 Å². The van der Waals surface area contributed by atoms with E-state index >= 15 is 0 Å². The first-order valence-electron chi connectivity index (χ1n) is 6.41. The summed E-state index contributed by atoms with van der Waals surface area (Å²) in [6.45, 7) is 1.56. The molecule has 20 heavy (non-hydrogen) atoms. The lowest BCUT2D eigenvalue weighted by Gasteiger charge is -2.32. The third kappa shape index (κ3) is 2.90. The van der Waals surface area contributed by atoms with Crippen LogP contribution in [0.15, 0.2) is 24.1 Å². The number of carbonyl (C=O) groups is 1. The van der Waals surface area contributed by atoms with Crippen LogP contribution in [0.5, 0.6) is 0 Å². The van der Waals surface area contributed by atoms with Crippen LogP contribution in [0.25, 0.3) is 0 Å². The van der Waals surface area contributed by atoms with E-state index in [4.69, 9.17) is 0 Å². The molecule has 2 aromatic rings. The Bertz CT molecular complexity index is 561. The number of carbonyl (C=O) groups excluding carboxylic acids is 1. The van der Waals surface area contributed by atoms with E-state index in [2.05, 4.69) is 30.4 Å². The van der Waals surface area contributed by atoms with Crippen LogP contribution < -0.4 is 10.2 Å². The minimum absolute atomic E-state index is 0.00431. The fourth-order valence-electron chi connectivity index (χ4n) is 2.29. The Morgan fingerprint density at radius 1 is 1.45 bits per heavy atom. The fraction of sp³-hybridized carbons (Fsp3) is 0.417. The van der Waals surface area contributed by atoms with E-state index in [0.29, 0.717) is 11.7 Å². The van der Waals surface area contributed by atoms with Crippen molar-refractivity contribution in [3.05, 3.63) is 24.1 Å². The van der Waals surface area contributed by atoms with Crippen molar-refractivity contribution >= 4 is 28.2 Å². The average Bonchev–Trinajstić information content (AvgIpc) is 3.01. The van der Waals surface area contributed by atoms with Crippen LogP contribution >= 0.6 is 11.3 Å². The van der Waals surface area contributed by atoms with E-state index in [9.17, 15) is 4.79 Å². The first-order valence-corrected chi connectivity index (χ1v) is 7.29. The molecule has 104 valence electrons. The summed E-state index contributed by atoms with van der Waals surface area (Å²) in [5.74, 6) is 0.755. The highest BCUT2D eigenvalue weighted by Crippen LogP contribution is 2.22. The van der Waals surface area contributed by atoms with Crippen molar-refractivity contribution in [3.8, 4) is 0 Å². The molecule has 1 atom stereocenters. The molecule has 0 saturated carbocycles. The molecule has 7 nitrogen and oxygen atoms in total. The first-order chi connectivity index (χ1) is 9.83. The van der Waals surface area contributed by atoms with Crippen LogP contribution in [0, 0.1) is 5.92 Å². The number of amides is 1. The summed E-state index contributed by atoms with van der Waals surface area (Å²) in [7, 11) is 0. The Hall–Kier alpha value is -2.09. The molecule has 0 radical (unpaired) electrons. The van der Waals surface area contributed by atoms with Gasteiger partial charge < -0.3 is 10.2 Å². The molecule has 0 aliphatic carbocycles. The van der Waals surface area contributed by atoms with E-state index < -0.39 is 0 Å². The van der Waals surface area contributed by atoms with Gasteiger partial charge in [0, 0.05) is 25.5 Å². The van der Waals surface area contributed by atoms with Gasteiger partial charge in [-0.1, -0.05) is 11.3 Å². The van der Waals surface area contributed by atoms with E-state index in [0.717, 1.165) is 25.2 Å². The van der Waals surface area contributed by atoms with Gasteiger partial charge in [-0.2, -0.15) is 0 Å². The summed E-state index contributed by atoms with van der Waals surface area (Å²) >= 11 is 1.32. The normalized spacial score (nSPS) is 18.8. The van der Waals surface area contributed by atoms with Crippen molar-refractivity contribution in [2.75, 3.05) is 23.3 Å². The average molecular weight is 290 g/mol. The number of nitrogens with one attached hydrogen (secondary N) is 1. The minimum atomic E-state index is -0.0605. The molecular weight excluding hydrogens is 276 g/mol. The summed E-state index contributed by atoms with van der Waals surface area (Å²) in [6.07, 6.45) is 6.88. The highest BCUT2D eigenvalue weighted by Gasteiger charge is 2.27. The lowest BCUT2D eigenvalue weighted by molar-refractivity contribution is -0.120. The second kappa shape index (κ2) is 5.91. The standard InChI is InChI=1S/C12H14N6OS/c19-11(16-12-17-15-8-20-12)9-2-1-5-18(7-9)10-6-13-3-4-14-10/h3-4,6,8-9H,1-2,5,7H2,(H,16,17,19). The zero-order valence-corrected chi connectivity index (χ0v) is 11.6. The van der Waals surface area contributed by atoms with Gasteiger partial charge in [0.25, 0.3) is 0 Å². The van der Waals surface area contributed by atoms with Gasteiger partial charge in [0.15, 0.2) is 0 Å². The van der Waals surface area contributed by atoms with Gasteiger partial charge in [-0.05, 0) is 12.8 Å². The molecule has 3 rings (SSSR count). The number of nitrogens with zero attached hydrogens (tertiary/aromatic N) is 5. The molecule has 1 N–H and O–H groups in total. The Labute approximate surface area is 120 Å². The molecule has 3 heterocycles. The van der Waals surface area contributed by atoms with Crippen molar-refractivity contribution in [1.82, 2.24) is 20.2 Å². The summed E-state index contributed by atoms with van der Waals surface area (Å²) in [6, 6.07) is 0. The second-order valence-electron chi connectivity index (χ2n) is 4.58. The first kappa shape index (κ1) is 12.9. The van der Waals surface area contributed by atoms with Gasteiger partial charge in [0.05, 0.1) is 12.1 Å². The Kier molecular flexibility index (Phi) is 3.82. The lowest BCUT2D eigenvalue weighted by Crippen LogP contribution is -2.41. The van der Waals surface area contributed by atoms with E-state index in [1.807, 2.05) is 0 Å². The molecule has 1 fully saturated rings. The zero-order valence-electron chi connectivity index (χ0n) is 10.8. The summed E-state index contributed by atoms with van der Waals surface area (Å²) in [5.41, 5.74) is 1.60. The predicted molar refractivity (Wildman–Crippen MR) is 75.5 cm³/mol. The summed E-state index contributed by atoms with van der Waals surface area (Å²) < 4.78 is 0. The maximum absolute atomic E-state index is 12.2. The Morgan fingerprint density at radius 3 is 3.15 bits per heavy atom. The molecular formula is C12H14N6OS. The molecule has 2 aromatic heterocycles. The van der Waals surface area contributed by atoms with E-state index in [1.54, 1.807) is 24.1 Å². The molecule has 1 aliphatic heterocycles. The third-order valence-corrected chi connectivity index (χ3v) is 3.86. The number of aromatic nitrogens is 4. The third-order valence-electron chi connectivity index (χ3n) is 3.26. The fourth-order valence-corrected chi connectivity index (χ4v) is 2.74. The van der Waals surface area contributed by atoms with Gasteiger partial charge in [0.2, 0.25) is 11.0 Å². The van der Waals surface area contributed by atoms with Crippen LogP contribution in [0.3, 0.4) is 0 Å². The SMILES string of the molecule is O=C(Nc1nncs1)C1CCCN(c2cnccn2)C1. The maximum Gasteiger partial charge on any atom is 0.231 e. The Balaban J connectivity index is 1.64. The second-order valence-corrected chi connectivity index (χ2v) is 5.42. The molecule has 1 saturated heterocycles. The van der Waals surface area contributed by atoms with Gasteiger partial charge in [-0.25, -0.2) is 4.98 Å². The van der Waals surface area contributed by atoms with Gasteiger partial charge in [0.1, 0.15) is 11.3 Å². The van der Waals surface area contributed by atoms with Crippen molar-refractivity contribution in [2.24, 2.45) is 5.92 Å². The topological polar surface area (TPSA) is 83.9 Å². The van der Waals surface area contributed by atoms with Crippen molar-refractivity contribution in [1.29, 1.82) is 0 Å². The largest absolute Gasteiger partial charge is 0.355 e. The Morgan fingerprint density at radius 2 is 2.40 bits per heavy atom. The molecule has 0 bridgehead atoms. The van der Waals surface area contributed by atoms with Crippen LogP contribution in [0.1, 0.15) is 12.8 Å². The summed E-state index contributed by atoms with van der Waals surface area (Å²) in [4.78, 5) is 22.7. The molecule has 0 aromatic carbocycles. The smallest absolute Gasteiger partial charge is 0.231 e. The molecule has 1 aliphatic rings. The highest BCUT2D eigenvalue weighted by atomic mass is 32.1. The predicted octanol–water partition coefficient (Wildman–Crippen LogP) is 1.18. The maximum atomic E-state index is 12.2. The molecule has 1 amide bonds. The minimum Gasteiger partial charge on any atom is -0.355 e. The van der Waals surface area contributed by atoms with E-state index in [1.165, 1.54) is 11.3 Å². The zero-order chi connectivity index (χ0) is 13.8. The molecule has 0 spiro atoms. The van der Waals surface area contributed by atoms with Crippen LogP contribution in [0.4, 0.5) is 10.9 Å².